The van der Waals surface area contributed by atoms with Crippen LogP contribution in [0.1, 0.15) is 34.0 Å². The van der Waals surface area contributed by atoms with Crippen LogP contribution in [0.15, 0.2) is 47.5 Å². The summed E-state index contributed by atoms with van der Waals surface area (Å²) in [5.41, 5.74) is 3.82. The van der Waals surface area contributed by atoms with Crippen molar-refractivity contribution in [3.05, 3.63) is 64.7 Å². The van der Waals surface area contributed by atoms with E-state index in [4.69, 9.17) is 4.74 Å². The van der Waals surface area contributed by atoms with Crippen LogP contribution in [0.4, 0.5) is 0 Å². The van der Waals surface area contributed by atoms with Gasteiger partial charge in [-0.3, -0.25) is 4.79 Å². The fourth-order valence-corrected chi connectivity index (χ4v) is 2.21. The summed E-state index contributed by atoms with van der Waals surface area (Å²) in [7, 11) is 0. The van der Waals surface area contributed by atoms with E-state index < -0.39 is 0 Å². The molecule has 1 amide bonds. The number of fused-ring (bicyclic) bond motifs is 1. The molecule has 2 aromatic rings. The van der Waals surface area contributed by atoms with Crippen LogP contribution in [0.3, 0.4) is 0 Å². The van der Waals surface area contributed by atoms with Crippen LogP contribution in [-0.2, 0) is 13.0 Å². The van der Waals surface area contributed by atoms with E-state index >= 15 is 0 Å². The fraction of sp³-hybridized carbons (Fsp3) is 0.176. The molecule has 0 N–H and O–H groups in total. The number of rotatable bonds is 4. The summed E-state index contributed by atoms with van der Waals surface area (Å²) >= 11 is 0. The summed E-state index contributed by atoms with van der Waals surface area (Å²) in [5.74, 6) is 0.509. The molecule has 3 nitrogen and oxygen atoms in total. The lowest BCUT2D eigenvalue weighted by molar-refractivity contribution is 0.101. The molecule has 100 valence electrons. The fourth-order valence-electron chi connectivity index (χ4n) is 2.21. The van der Waals surface area contributed by atoms with Gasteiger partial charge in [0.05, 0.1) is 5.56 Å². The highest BCUT2D eigenvalue weighted by Gasteiger charge is 2.18. The molecule has 0 bridgehead atoms. The van der Waals surface area contributed by atoms with Crippen molar-refractivity contribution in [1.29, 1.82) is 0 Å². The van der Waals surface area contributed by atoms with Gasteiger partial charge in [-0.15, -0.1) is 0 Å². The Morgan fingerprint density at radius 1 is 1.05 bits per heavy atom. The Bertz CT molecular complexity index is 672. The molecule has 3 heteroatoms. The van der Waals surface area contributed by atoms with Crippen molar-refractivity contribution in [2.75, 3.05) is 0 Å². The van der Waals surface area contributed by atoms with Crippen LogP contribution >= 0.6 is 0 Å². The smallest absolute Gasteiger partial charge is 0.277 e. The molecule has 0 fully saturated rings. The van der Waals surface area contributed by atoms with E-state index in [0.29, 0.717) is 17.9 Å². The molecular formula is C17H15NO2. The highest BCUT2D eigenvalue weighted by Crippen LogP contribution is 2.25. The van der Waals surface area contributed by atoms with E-state index in [2.05, 4.69) is 36.2 Å². The zero-order valence-electron chi connectivity index (χ0n) is 11.3. The molecule has 1 aliphatic rings. The number of aliphatic imine (C=N–C) groups is 1. The average Bonchev–Trinajstić information content (AvgIpc) is 2.88. The summed E-state index contributed by atoms with van der Waals surface area (Å²) in [4.78, 5) is 15.3. The standard InChI is InChI=1S/C17H15NO2/c1-2-12-6-8-13(9-7-12)11-20-16-5-3-4-14-15(16)10-18-17(14)19/h3-10H,2,11H2,1H3. The third kappa shape index (κ3) is 2.35. The monoisotopic (exact) mass is 265 g/mol. The minimum Gasteiger partial charge on any atom is -0.488 e. The first kappa shape index (κ1) is 12.6. The Morgan fingerprint density at radius 3 is 2.55 bits per heavy atom. The topological polar surface area (TPSA) is 38.7 Å². The zero-order chi connectivity index (χ0) is 13.9. The minimum absolute atomic E-state index is 0.197. The van der Waals surface area contributed by atoms with Gasteiger partial charge in [0, 0.05) is 11.8 Å². The molecule has 0 saturated carbocycles. The normalized spacial score (nSPS) is 12.6. The summed E-state index contributed by atoms with van der Waals surface area (Å²) in [6, 6.07) is 13.8. The molecular weight excluding hydrogens is 250 g/mol. The predicted molar refractivity (Wildman–Crippen MR) is 78.5 cm³/mol. The quantitative estimate of drug-likeness (QED) is 0.849. The molecule has 2 aromatic carbocycles. The van der Waals surface area contributed by atoms with Gasteiger partial charge in [-0.1, -0.05) is 37.3 Å². The Kier molecular flexibility index (Phi) is 3.33. The first-order valence-corrected chi connectivity index (χ1v) is 6.70. The average molecular weight is 265 g/mol. The Hall–Kier alpha value is -2.42. The van der Waals surface area contributed by atoms with Gasteiger partial charge in [-0.25, -0.2) is 4.99 Å². The van der Waals surface area contributed by atoms with Gasteiger partial charge in [0.15, 0.2) is 0 Å². The third-order valence-corrected chi connectivity index (χ3v) is 3.43. The number of amides is 1. The maximum atomic E-state index is 11.5. The largest absolute Gasteiger partial charge is 0.488 e. The van der Waals surface area contributed by atoms with Crippen molar-refractivity contribution in [3.8, 4) is 5.75 Å². The van der Waals surface area contributed by atoms with Crippen LogP contribution in [0.25, 0.3) is 0 Å². The molecule has 0 atom stereocenters. The number of carbonyl (C=O) groups is 1. The Balaban J connectivity index is 1.76. The van der Waals surface area contributed by atoms with Crippen molar-refractivity contribution >= 4 is 12.1 Å². The number of hydrogen-bond acceptors (Lipinski definition) is 2. The second kappa shape index (κ2) is 5.29. The van der Waals surface area contributed by atoms with E-state index in [1.54, 1.807) is 12.3 Å². The molecule has 0 saturated heterocycles. The summed E-state index contributed by atoms with van der Waals surface area (Å²) in [6.07, 6.45) is 2.61. The SMILES string of the molecule is CCc1ccc(COc2cccc3c2C=NC3=O)cc1. The van der Waals surface area contributed by atoms with E-state index in [0.717, 1.165) is 17.5 Å². The van der Waals surface area contributed by atoms with Crippen molar-refractivity contribution in [1.82, 2.24) is 0 Å². The van der Waals surface area contributed by atoms with Gasteiger partial charge in [0.25, 0.3) is 5.91 Å². The highest BCUT2D eigenvalue weighted by atomic mass is 16.5. The molecule has 3 rings (SSSR count). The van der Waals surface area contributed by atoms with Gasteiger partial charge in [-0.2, -0.15) is 0 Å². The Morgan fingerprint density at radius 2 is 1.80 bits per heavy atom. The van der Waals surface area contributed by atoms with E-state index in [1.165, 1.54) is 5.56 Å². The molecule has 0 aliphatic carbocycles. The van der Waals surface area contributed by atoms with E-state index in [-0.39, 0.29) is 5.91 Å². The lowest BCUT2D eigenvalue weighted by atomic mass is 10.1. The van der Waals surface area contributed by atoms with E-state index in [1.807, 2.05) is 12.1 Å². The molecule has 0 unspecified atom stereocenters. The number of ether oxygens (including phenoxy) is 1. The number of nitrogens with zero attached hydrogens (tertiary/aromatic N) is 1. The van der Waals surface area contributed by atoms with Gasteiger partial charge in [-0.05, 0) is 29.7 Å². The Labute approximate surface area is 117 Å². The third-order valence-electron chi connectivity index (χ3n) is 3.43. The van der Waals surface area contributed by atoms with Crippen LogP contribution in [-0.4, -0.2) is 12.1 Å². The van der Waals surface area contributed by atoms with Crippen LogP contribution < -0.4 is 4.74 Å². The summed E-state index contributed by atoms with van der Waals surface area (Å²) in [5, 5.41) is 0. The first-order valence-electron chi connectivity index (χ1n) is 6.70. The molecule has 0 spiro atoms. The zero-order valence-corrected chi connectivity index (χ0v) is 11.3. The second-order valence-corrected chi connectivity index (χ2v) is 4.74. The van der Waals surface area contributed by atoms with Crippen molar-refractivity contribution < 1.29 is 9.53 Å². The highest BCUT2D eigenvalue weighted by molar-refractivity contribution is 6.14. The van der Waals surface area contributed by atoms with Crippen LogP contribution in [0, 0.1) is 0 Å². The van der Waals surface area contributed by atoms with Gasteiger partial charge >= 0.3 is 0 Å². The van der Waals surface area contributed by atoms with Gasteiger partial charge < -0.3 is 4.74 Å². The molecule has 20 heavy (non-hydrogen) atoms. The second-order valence-electron chi connectivity index (χ2n) is 4.74. The van der Waals surface area contributed by atoms with Gasteiger partial charge in [0.2, 0.25) is 0 Å². The van der Waals surface area contributed by atoms with Gasteiger partial charge in [0.1, 0.15) is 12.4 Å². The molecule has 1 aliphatic heterocycles. The van der Waals surface area contributed by atoms with Crippen molar-refractivity contribution in [3.63, 3.8) is 0 Å². The minimum atomic E-state index is -0.197. The lowest BCUT2D eigenvalue weighted by Crippen LogP contribution is -2.00. The van der Waals surface area contributed by atoms with Crippen LogP contribution in [0.5, 0.6) is 5.75 Å². The molecule has 0 radical (unpaired) electrons. The first-order chi connectivity index (χ1) is 9.78. The number of hydrogen-bond donors (Lipinski definition) is 0. The van der Waals surface area contributed by atoms with Crippen molar-refractivity contribution in [2.24, 2.45) is 4.99 Å². The molecule has 1 heterocycles. The number of aryl methyl sites for hydroxylation is 1. The maximum absolute atomic E-state index is 11.5. The van der Waals surface area contributed by atoms with E-state index in [9.17, 15) is 4.79 Å². The maximum Gasteiger partial charge on any atom is 0.277 e. The molecule has 0 aromatic heterocycles. The summed E-state index contributed by atoms with van der Waals surface area (Å²) < 4.78 is 5.81. The number of benzene rings is 2. The van der Waals surface area contributed by atoms with Crippen molar-refractivity contribution in [2.45, 2.75) is 20.0 Å². The number of carbonyl (C=O) groups excluding carboxylic acids is 1. The summed E-state index contributed by atoms with van der Waals surface area (Å²) in [6.45, 7) is 2.62. The predicted octanol–water partition coefficient (Wildman–Crippen LogP) is 3.40. The van der Waals surface area contributed by atoms with Crippen LogP contribution in [0.2, 0.25) is 0 Å². The lowest BCUT2D eigenvalue weighted by Gasteiger charge is -2.09.